The molecular weight excluding hydrogens is 306 g/mol. The number of rotatable bonds is 3. The van der Waals surface area contributed by atoms with Gasteiger partial charge in [0.1, 0.15) is 4.90 Å². The van der Waals surface area contributed by atoms with Crippen molar-refractivity contribution in [2.75, 3.05) is 13.1 Å². The monoisotopic (exact) mass is 325 g/mol. The summed E-state index contributed by atoms with van der Waals surface area (Å²) in [6, 6.07) is 7.45. The molecule has 1 aromatic heterocycles. The van der Waals surface area contributed by atoms with Crippen LogP contribution in [0.1, 0.15) is 24.6 Å². The van der Waals surface area contributed by atoms with Crippen molar-refractivity contribution in [1.82, 2.24) is 4.31 Å². The first-order chi connectivity index (χ1) is 10.0. The number of sulfonamides is 1. The molecule has 114 valence electrons. The molecule has 1 aliphatic rings. The van der Waals surface area contributed by atoms with Gasteiger partial charge in [0.05, 0.1) is 11.5 Å². The van der Waals surface area contributed by atoms with E-state index in [0.29, 0.717) is 28.8 Å². The second-order valence-electron chi connectivity index (χ2n) is 5.60. The first-order valence-electron chi connectivity index (χ1n) is 7.15. The van der Waals surface area contributed by atoms with Crippen LogP contribution in [0.3, 0.4) is 0 Å². The van der Waals surface area contributed by atoms with Gasteiger partial charge in [-0.05, 0) is 24.8 Å². The highest BCUT2D eigenvalue weighted by molar-refractivity contribution is 7.89. The number of thiophene rings is 1. The van der Waals surface area contributed by atoms with E-state index >= 15 is 0 Å². The normalized spacial score (nSPS) is 18.4. The molecule has 6 heteroatoms. The minimum Gasteiger partial charge on any atom is -0.391 e. The Morgan fingerprint density at radius 3 is 2.62 bits per heavy atom. The van der Waals surface area contributed by atoms with Gasteiger partial charge in [-0.2, -0.15) is 4.31 Å². The lowest BCUT2D eigenvalue weighted by Crippen LogP contribution is -2.38. The van der Waals surface area contributed by atoms with Crippen molar-refractivity contribution >= 4 is 31.4 Å². The van der Waals surface area contributed by atoms with Gasteiger partial charge in [0, 0.05) is 23.2 Å². The molecule has 21 heavy (non-hydrogen) atoms. The van der Waals surface area contributed by atoms with Crippen molar-refractivity contribution < 1.29 is 13.5 Å². The Hall–Kier alpha value is -0.950. The van der Waals surface area contributed by atoms with Crippen LogP contribution < -0.4 is 0 Å². The van der Waals surface area contributed by atoms with Crippen molar-refractivity contribution in [1.29, 1.82) is 0 Å². The summed E-state index contributed by atoms with van der Waals surface area (Å²) in [7, 11) is -3.53. The molecule has 1 aliphatic heterocycles. The minimum absolute atomic E-state index is 0.238. The van der Waals surface area contributed by atoms with Crippen molar-refractivity contribution in [3.63, 3.8) is 0 Å². The molecule has 0 radical (unpaired) electrons. The Labute approximate surface area is 129 Å². The molecule has 0 aliphatic carbocycles. The van der Waals surface area contributed by atoms with Crippen LogP contribution in [0, 0.1) is 5.92 Å². The summed E-state index contributed by atoms with van der Waals surface area (Å²) in [4.78, 5) is 0.843. The lowest BCUT2D eigenvalue weighted by Gasteiger charge is -2.29. The predicted octanol–water partition coefficient (Wildman–Crippen LogP) is 2.81. The van der Waals surface area contributed by atoms with Crippen LogP contribution in [-0.4, -0.2) is 30.9 Å². The highest BCUT2D eigenvalue weighted by atomic mass is 32.2. The molecule has 1 N–H and O–H groups in total. The summed E-state index contributed by atoms with van der Waals surface area (Å²) < 4.78 is 28.4. The van der Waals surface area contributed by atoms with E-state index in [1.54, 1.807) is 4.31 Å². The average molecular weight is 325 g/mol. The van der Waals surface area contributed by atoms with E-state index < -0.39 is 10.0 Å². The number of hydrogen-bond donors (Lipinski definition) is 1. The lowest BCUT2D eigenvalue weighted by molar-refractivity contribution is 0.278. The SMILES string of the molecule is CC1CCN(S(=O)(=O)c2c(CO)sc3ccccc23)CC1. The van der Waals surface area contributed by atoms with E-state index in [9.17, 15) is 13.5 Å². The Morgan fingerprint density at radius 2 is 1.95 bits per heavy atom. The van der Waals surface area contributed by atoms with Gasteiger partial charge in [0.2, 0.25) is 10.0 Å². The summed E-state index contributed by atoms with van der Waals surface area (Å²) in [5.41, 5.74) is 0. The van der Waals surface area contributed by atoms with E-state index in [0.717, 1.165) is 22.9 Å². The maximum absolute atomic E-state index is 13.0. The first kappa shape index (κ1) is 15.0. The van der Waals surface area contributed by atoms with Crippen LogP contribution >= 0.6 is 11.3 Å². The third-order valence-corrected chi connectivity index (χ3v) is 7.41. The fourth-order valence-corrected chi connectivity index (χ4v) is 6.04. The summed E-state index contributed by atoms with van der Waals surface area (Å²) >= 11 is 1.36. The van der Waals surface area contributed by atoms with Crippen molar-refractivity contribution in [3.05, 3.63) is 29.1 Å². The zero-order valence-electron chi connectivity index (χ0n) is 11.9. The molecule has 0 atom stereocenters. The molecule has 0 amide bonds. The Kier molecular flexibility index (Phi) is 4.05. The number of fused-ring (bicyclic) bond motifs is 1. The molecule has 3 rings (SSSR count). The molecule has 0 saturated carbocycles. The highest BCUT2D eigenvalue weighted by Gasteiger charge is 2.32. The number of aliphatic hydroxyl groups is 1. The Bertz CT molecular complexity index is 743. The fraction of sp³-hybridized carbons (Fsp3) is 0.467. The molecule has 0 bridgehead atoms. The molecule has 1 saturated heterocycles. The average Bonchev–Trinajstić information content (AvgIpc) is 2.87. The second-order valence-corrected chi connectivity index (χ2v) is 8.61. The van der Waals surface area contributed by atoms with Crippen LogP contribution in [0.25, 0.3) is 10.1 Å². The number of piperidine rings is 1. The second kappa shape index (κ2) is 5.68. The van der Waals surface area contributed by atoms with E-state index in [2.05, 4.69) is 6.92 Å². The molecule has 1 aromatic carbocycles. The van der Waals surface area contributed by atoms with Gasteiger partial charge in [0.15, 0.2) is 0 Å². The van der Waals surface area contributed by atoms with Gasteiger partial charge in [-0.1, -0.05) is 25.1 Å². The third-order valence-electron chi connectivity index (χ3n) is 4.10. The maximum atomic E-state index is 13.0. The van der Waals surface area contributed by atoms with Crippen LogP contribution in [0.2, 0.25) is 0 Å². The van der Waals surface area contributed by atoms with E-state index in [1.165, 1.54) is 11.3 Å². The van der Waals surface area contributed by atoms with Gasteiger partial charge in [-0.25, -0.2) is 8.42 Å². The first-order valence-corrected chi connectivity index (χ1v) is 9.41. The molecule has 0 unspecified atom stereocenters. The van der Waals surface area contributed by atoms with Gasteiger partial charge in [0.25, 0.3) is 0 Å². The zero-order chi connectivity index (χ0) is 15.0. The summed E-state index contributed by atoms with van der Waals surface area (Å²) in [6.45, 7) is 3.05. The quantitative estimate of drug-likeness (QED) is 0.944. The smallest absolute Gasteiger partial charge is 0.244 e. The summed E-state index contributed by atoms with van der Waals surface area (Å²) in [5.74, 6) is 0.577. The fourth-order valence-electron chi connectivity index (χ4n) is 2.81. The van der Waals surface area contributed by atoms with Gasteiger partial charge >= 0.3 is 0 Å². The van der Waals surface area contributed by atoms with Crippen molar-refractivity contribution in [2.45, 2.75) is 31.3 Å². The molecule has 1 fully saturated rings. The number of nitrogens with zero attached hydrogens (tertiary/aromatic N) is 1. The topological polar surface area (TPSA) is 57.6 Å². The molecule has 0 spiro atoms. The van der Waals surface area contributed by atoms with Crippen molar-refractivity contribution in [3.8, 4) is 0 Å². The van der Waals surface area contributed by atoms with Crippen LogP contribution in [-0.2, 0) is 16.6 Å². The molecule has 2 heterocycles. The Balaban J connectivity index is 2.10. The molecule has 2 aromatic rings. The molecule has 4 nitrogen and oxygen atoms in total. The summed E-state index contributed by atoms with van der Waals surface area (Å²) in [6.07, 6.45) is 1.80. The minimum atomic E-state index is -3.53. The number of aliphatic hydroxyl groups excluding tert-OH is 1. The van der Waals surface area contributed by atoms with Crippen LogP contribution in [0.5, 0.6) is 0 Å². The summed E-state index contributed by atoms with van der Waals surface area (Å²) in [5, 5.41) is 10.3. The largest absolute Gasteiger partial charge is 0.391 e. The predicted molar refractivity (Wildman–Crippen MR) is 84.9 cm³/mol. The standard InChI is InChI=1S/C15H19NO3S2/c1-11-6-8-16(9-7-11)21(18,19)15-12-4-2-3-5-13(12)20-14(15)10-17/h2-5,11,17H,6-10H2,1H3. The number of hydrogen-bond acceptors (Lipinski definition) is 4. The highest BCUT2D eigenvalue weighted by Crippen LogP contribution is 2.37. The Morgan fingerprint density at radius 1 is 1.29 bits per heavy atom. The van der Waals surface area contributed by atoms with Gasteiger partial charge in [-0.3, -0.25) is 0 Å². The third kappa shape index (κ3) is 2.61. The van der Waals surface area contributed by atoms with E-state index in [1.807, 2.05) is 24.3 Å². The maximum Gasteiger partial charge on any atom is 0.244 e. The van der Waals surface area contributed by atoms with E-state index in [-0.39, 0.29) is 6.61 Å². The number of benzene rings is 1. The van der Waals surface area contributed by atoms with Gasteiger partial charge in [-0.15, -0.1) is 11.3 Å². The van der Waals surface area contributed by atoms with Crippen LogP contribution in [0.15, 0.2) is 29.2 Å². The van der Waals surface area contributed by atoms with Gasteiger partial charge < -0.3 is 5.11 Å². The van der Waals surface area contributed by atoms with E-state index in [4.69, 9.17) is 0 Å². The van der Waals surface area contributed by atoms with Crippen LogP contribution in [0.4, 0.5) is 0 Å². The molecular formula is C15H19NO3S2. The lowest BCUT2D eigenvalue weighted by atomic mass is 10.0. The van der Waals surface area contributed by atoms with Crippen molar-refractivity contribution in [2.24, 2.45) is 5.92 Å². The zero-order valence-corrected chi connectivity index (χ0v) is 13.6.